The molecular formula is C42H88N2O3. The highest BCUT2D eigenvalue weighted by Gasteiger charge is 1.98. The number of unbranched alkanes of at least 4 members (excludes halogenated alkanes) is 39. The van der Waals surface area contributed by atoms with Gasteiger partial charge in [0.2, 0.25) is 0 Å². The highest BCUT2D eigenvalue weighted by Crippen LogP contribution is 2.17. The van der Waals surface area contributed by atoms with E-state index in [4.69, 9.17) is 15.3 Å². The SMILES string of the molecule is CCCCCCCCCCCCCCCCCCCCCCCCCCCCCCCCCCCCCCCCCC[NH3+].O=[N+]([O-])[O-]. The van der Waals surface area contributed by atoms with Gasteiger partial charge in [-0.15, -0.1) is 0 Å². The number of quaternary nitrogens is 1. The van der Waals surface area contributed by atoms with Crippen LogP contribution in [0.2, 0.25) is 0 Å². The van der Waals surface area contributed by atoms with Crippen LogP contribution in [0.15, 0.2) is 0 Å². The first-order valence-electron chi connectivity index (χ1n) is 21.8. The molecule has 284 valence electrons. The van der Waals surface area contributed by atoms with Crippen molar-refractivity contribution in [3.8, 4) is 0 Å². The second-order valence-corrected chi connectivity index (χ2v) is 14.9. The molecule has 0 unspecified atom stereocenters. The van der Waals surface area contributed by atoms with Crippen molar-refractivity contribution in [3.63, 3.8) is 0 Å². The first kappa shape index (κ1) is 48.3. The molecule has 0 atom stereocenters. The molecule has 0 aromatic carbocycles. The molecule has 0 rings (SSSR count). The van der Waals surface area contributed by atoms with Crippen LogP contribution in [0.4, 0.5) is 0 Å². The molecule has 0 saturated carbocycles. The van der Waals surface area contributed by atoms with Gasteiger partial charge in [-0.05, 0) is 12.8 Å². The lowest BCUT2D eigenvalue weighted by atomic mass is 10.0. The van der Waals surface area contributed by atoms with Crippen LogP contribution in [0, 0.1) is 15.3 Å². The fourth-order valence-electron chi connectivity index (χ4n) is 6.97. The monoisotopic (exact) mass is 669 g/mol. The average Bonchev–Trinajstić information content (AvgIpc) is 3.05. The number of rotatable bonds is 40. The molecule has 0 aliphatic carbocycles. The molecule has 47 heavy (non-hydrogen) atoms. The van der Waals surface area contributed by atoms with E-state index in [1.54, 1.807) is 0 Å². The third-order valence-electron chi connectivity index (χ3n) is 10.1. The maximum absolute atomic E-state index is 8.25. The summed E-state index contributed by atoms with van der Waals surface area (Å²) in [4.78, 5) is 8.25. The Hall–Kier alpha value is -0.840. The summed E-state index contributed by atoms with van der Waals surface area (Å²) < 4.78 is 0. The van der Waals surface area contributed by atoms with E-state index in [-0.39, 0.29) is 0 Å². The fraction of sp³-hybridized carbons (Fsp3) is 1.00. The molecule has 0 amide bonds. The molecular weight excluding hydrogens is 580 g/mol. The average molecular weight is 669 g/mol. The molecule has 0 aromatic rings. The minimum absolute atomic E-state index is 1.12. The van der Waals surface area contributed by atoms with Crippen LogP contribution in [0.1, 0.15) is 264 Å². The molecule has 0 aliphatic rings. The Morgan fingerprint density at radius 3 is 0.511 bits per heavy atom. The summed E-state index contributed by atoms with van der Waals surface area (Å²) in [6, 6.07) is 0. The molecule has 0 spiro atoms. The summed E-state index contributed by atoms with van der Waals surface area (Å²) in [5, 5.41) is 14.8. The van der Waals surface area contributed by atoms with Crippen LogP contribution >= 0.6 is 0 Å². The summed E-state index contributed by atoms with van der Waals surface area (Å²) >= 11 is 0. The van der Waals surface area contributed by atoms with Gasteiger partial charge in [0.25, 0.3) is 0 Å². The lowest BCUT2D eigenvalue weighted by Crippen LogP contribution is -2.50. The van der Waals surface area contributed by atoms with Gasteiger partial charge in [0, 0.05) is 0 Å². The molecule has 5 heteroatoms. The van der Waals surface area contributed by atoms with Crippen molar-refractivity contribution in [2.75, 3.05) is 6.54 Å². The zero-order chi connectivity index (χ0) is 34.6. The van der Waals surface area contributed by atoms with E-state index in [1.165, 1.54) is 257 Å². The molecule has 0 bridgehead atoms. The van der Waals surface area contributed by atoms with E-state index in [1.807, 2.05) is 0 Å². The Balaban J connectivity index is 0. The van der Waals surface area contributed by atoms with Crippen molar-refractivity contribution in [2.24, 2.45) is 0 Å². The van der Waals surface area contributed by atoms with E-state index < -0.39 is 5.09 Å². The zero-order valence-electron chi connectivity index (χ0n) is 32.4. The van der Waals surface area contributed by atoms with Gasteiger partial charge in [0.1, 0.15) is 0 Å². The van der Waals surface area contributed by atoms with Gasteiger partial charge in [-0.25, -0.2) is 0 Å². The highest BCUT2D eigenvalue weighted by atomic mass is 16.9. The minimum atomic E-state index is -1.75. The lowest BCUT2D eigenvalue weighted by Gasteiger charge is -2.05. The van der Waals surface area contributed by atoms with E-state index in [9.17, 15) is 0 Å². The molecule has 0 aromatic heterocycles. The van der Waals surface area contributed by atoms with Crippen LogP contribution in [0.5, 0.6) is 0 Å². The molecule has 0 radical (unpaired) electrons. The smallest absolute Gasteiger partial charge is 0.0739 e. The fourth-order valence-corrected chi connectivity index (χ4v) is 6.97. The lowest BCUT2D eigenvalue weighted by molar-refractivity contribution is -0.402. The van der Waals surface area contributed by atoms with Crippen LogP contribution in [0.3, 0.4) is 0 Å². The van der Waals surface area contributed by atoms with E-state index in [0.29, 0.717) is 0 Å². The Kier molecular flexibility index (Phi) is 48.6. The predicted octanol–water partition coefficient (Wildman–Crippen LogP) is 14.6. The second kappa shape index (κ2) is 47.3. The first-order valence-corrected chi connectivity index (χ1v) is 21.8. The van der Waals surface area contributed by atoms with Crippen molar-refractivity contribution < 1.29 is 10.8 Å². The Labute approximate surface area is 295 Å². The molecule has 0 aliphatic heterocycles. The van der Waals surface area contributed by atoms with E-state index in [2.05, 4.69) is 12.7 Å². The highest BCUT2D eigenvalue weighted by molar-refractivity contribution is 4.53. The van der Waals surface area contributed by atoms with Crippen LogP contribution in [-0.2, 0) is 0 Å². The van der Waals surface area contributed by atoms with Crippen LogP contribution in [-0.4, -0.2) is 11.6 Å². The zero-order valence-corrected chi connectivity index (χ0v) is 32.4. The van der Waals surface area contributed by atoms with Gasteiger partial charge in [-0.2, -0.15) is 0 Å². The van der Waals surface area contributed by atoms with E-state index >= 15 is 0 Å². The summed E-state index contributed by atoms with van der Waals surface area (Å²) in [5.41, 5.74) is 3.93. The Morgan fingerprint density at radius 2 is 0.404 bits per heavy atom. The Bertz CT molecular complexity index is 502. The maximum atomic E-state index is 8.25. The minimum Gasteiger partial charge on any atom is -0.358 e. The van der Waals surface area contributed by atoms with Crippen molar-refractivity contribution in [1.29, 1.82) is 0 Å². The second-order valence-electron chi connectivity index (χ2n) is 14.9. The molecule has 0 heterocycles. The van der Waals surface area contributed by atoms with Gasteiger partial charge in [0.15, 0.2) is 0 Å². The molecule has 3 N–H and O–H groups in total. The normalized spacial score (nSPS) is 11.1. The van der Waals surface area contributed by atoms with Gasteiger partial charge >= 0.3 is 0 Å². The van der Waals surface area contributed by atoms with Gasteiger partial charge in [0.05, 0.1) is 11.6 Å². The van der Waals surface area contributed by atoms with Crippen LogP contribution < -0.4 is 5.73 Å². The number of hydrogen-bond donors (Lipinski definition) is 1. The number of nitrogens with zero attached hydrogens (tertiary/aromatic N) is 1. The van der Waals surface area contributed by atoms with Crippen molar-refractivity contribution in [1.82, 2.24) is 0 Å². The summed E-state index contributed by atoms with van der Waals surface area (Å²) in [7, 11) is 0. The quantitative estimate of drug-likeness (QED) is 0.0400. The maximum Gasteiger partial charge on any atom is 0.0739 e. The van der Waals surface area contributed by atoms with Gasteiger partial charge in [-0.1, -0.05) is 251 Å². The summed E-state index contributed by atoms with van der Waals surface area (Å²) in [6.45, 7) is 3.43. The van der Waals surface area contributed by atoms with Gasteiger partial charge in [-0.3, -0.25) is 0 Å². The summed E-state index contributed by atoms with van der Waals surface area (Å²) in [6.07, 6.45) is 59.1. The number of hydrogen-bond acceptors (Lipinski definition) is 3. The molecule has 0 saturated heterocycles. The molecule has 5 nitrogen and oxygen atoms in total. The Morgan fingerprint density at radius 1 is 0.298 bits per heavy atom. The third-order valence-corrected chi connectivity index (χ3v) is 10.1. The first-order chi connectivity index (χ1) is 23.1. The predicted molar refractivity (Wildman–Crippen MR) is 208 cm³/mol. The van der Waals surface area contributed by atoms with Crippen molar-refractivity contribution in [3.05, 3.63) is 15.3 Å². The van der Waals surface area contributed by atoms with Crippen molar-refractivity contribution in [2.45, 2.75) is 264 Å². The largest absolute Gasteiger partial charge is 0.358 e. The standard InChI is InChI=1S/C42H87N.NO3/c1-2-3-4-5-6-7-8-9-10-11-12-13-14-15-16-17-18-19-20-21-22-23-24-25-26-27-28-29-30-31-32-33-34-35-36-37-38-39-40-41-42-43;2-1(3)4/h2-43H2,1H3;/q;-1/p+1. The van der Waals surface area contributed by atoms with Gasteiger partial charge < -0.3 is 21.1 Å². The van der Waals surface area contributed by atoms with E-state index in [0.717, 1.165) is 6.54 Å². The summed E-state index contributed by atoms with van der Waals surface area (Å²) in [5.74, 6) is 0. The third kappa shape index (κ3) is 54.9. The van der Waals surface area contributed by atoms with Crippen LogP contribution in [0.25, 0.3) is 0 Å². The van der Waals surface area contributed by atoms with Crippen molar-refractivity contribution >= 4 is 0 Å². The molecule has 0 fully saturated rings. The topological polar surface area (TPSA) is 93.8 Å².